The number of aryl methyl sites for hydroxylation is 1. The molecule has 0 bridgehead atoms. The molecule has 0 radical (unpaired) electrons. The third kappa shape index (κ3) is 3.95. The second-order valence-electron chi connectivity index (χ2n) is 4.80. The Labute approximate surface area is 132 Å². The monoisotopic (exact) mass is 316 g/mol. The van der Waals surface area contributed by atoms with Crippen molar-refractivity contribution in [2.24, 2.45) is 0 Å². The number of thiophene rings is 1. The predicted molar refractivity (Wildman–Crippen MR) is 87.7 cm³/mol. The van der Waals surface area contributed by atoms with Gasteiger partial charge in [-0.1, -0.05) is 55.1 Å². The molecule has 1 unspecified atom stereocenters. The maximum atomic E-state index is 5.70. The summed E-state index contributed by atoms with van der Waals surface area (Å²) in [6.07, 6.45) is 2.16. The van der Waals surface area contributed by atoms with Crippen LogP contribution in [0.3, 0.4) is 0 Å². The number of hydrogen-bond acceptors (Lipinski definition) is 5. The van der Waals surface area contributed by atoms with Gasteiger partial charge < -0.3 is 4.42 Å². The Bertz CT molecular complexity index is 665. The summed E-state index contributed by atoms with van der Waals surface area (Å²) in [4.78, 5) is 1.02. The first-order chi connectivity index (χ1) is 10.3. The highest BCUT2D eigenvalue weighted by Crippen LogP contribution is 2.29. The van der Waals surface area contributed by atoms with Gasteiger partial charge in [-0.2, -0.15) is 0 Å². The van der Waals surface area contributed by atoms with Crippen LogP contribution in [0.1, 0.15) is 18.9 Å². The Balaban J connectivity index is 1.54. The smallest absolute Gasteiger partial charge is 0.277 e. The molecule has 3 aromatic rings. The average Bonchev–Trinajstić information content (AvgIpc) is 3.17. The van der Waals surface area contributed by atoms with Crippen molar-refractivity contribution in [2.45, 2.75) is 30.2 Å². The van der Waals surface area contributed by atoms with E-state index < -0.39 is 0 Å². The molecule has 0 saturated carbocycles. The number of benzene rings is 1. The molecule has 0 N–H and O–H groups in total. The van der Waals surface area contributed by atoms with Crippen molar-refractivity contribution >= 4 is 23.1 Å². The first-order valence-corrected chi connectivity index (χ1v) is 8.65. The summed E-state index contributed by atoms with van der Waals surface area (Å²) in [6.45, 7) is 2.20. The van der Waals surface area contributed by atoms with Crippen LogP contribution >= 0.6 is 23.1 Å². The molecule has 1 aromatic carbocycles. The van der Waals surface area contributed by atoms with Crippen molar-refractivity contribution in [3.05, 3.63) is 53.4 Å². The summed E-state index contributed by atoms with van der Waals surface area (Å²) >= 11 is 3.26. The maximum absolute atomic E-state index is 5.70. The Morgan fingerprint density at radius 1 is 1.14 bits per heavy atom. The van der Waals surface area contributed by atoms with Gasteiger partial charge in [0.1, 0.15) is 0 Å². The average molecular weight is 316 g/mol. The lowest BCUT2D eigenvalue weighted by Gasteiger charge is -2.07. The zero-order valence-corrected chi connectivity index (χ0v) is 13.4. The second kappa shape index (κ2) is 6.91. The first kappa shape index (κ1) is 14.4. The van der Waals surface area contributed by atoms with Crippen molar-refractivity contribution in [1.29, 1.82) is 0 Å². The van der Waals surface area contributed by atoms with Crippen molar-refractivity contribution < 1.29 is 4.42 Å². The van der Waals surface area contributed by atoms with E-state index in [2.05, 4.69) is 41.4 Å². The maximum Gasteiger partial charge on any atom is 0.277 e. The van der Waals surface area contributed by atoms with Gasteiger partial charge >= 0.3 is 0 Å². The Kier molecular flexibility index (Phi) is 4.72. The zero-order valence-electron chi connectivity index (χ0n) is 11.7. The lowest BCUT2D eigenvalue weighted by molar-refractivity contribution is 0.465. The van der Waals surface area contributed by atoms with E-state index in [1.54, 1.807) is 23.1 Å². The highest BCUT2D eigenvalue weighted by molar-refractivity contribution is 7.99. The number of nitrogens with zero attached hydrogens (tertiary/aromatic N) is 2. The molecule has 0 aliphatic rings. The SMILES string of the molecule is CC(CCc1ccccc1)Sc1nnc(-c2cccs2)o1. The molecule has 108 valence electrons. The van der Waals surface area contributed by atoms with E-state index in [0.29, 0.717) is 16.4 Å². The normalized spacial score (nSPS) is 12.4. The van der Waals surface area contributed by atoms with Crippen molar-refractivity contribution in [3.8, 4) is 10.8 Å². The summed E-state index contributed by atoms with van der Waals surface area (Å²) < 4.78 is 5.70. The minimum absolute atomic E-state index is 0.446. The molecular formula is C16H16N2OS2. The summed E-state index contributed by atoms with van der Waals surface area (Å²) in [5.41, 5.74) is 1.37. The molecule has 2 aromatic heterocycles. The van der Waals surface area contributed by atoms with Crippen molar-refractivity contribution in [3.63, 3.8) is 0 Å². The molecule has 0 amide bonds. The van der Waals surface area contributed by atoms with Gasteiger partial charge in [0.25, 0.3) is 11.1 Å². The summed E-state index contributed by atoms with van der Waals surface area (Å²) in [6, 6.07) is 14.5. The third-order valence-electron chi connectivity index (χ3n) is 3.12. The zero-order chi connectivity index (χ0) is 14.5. The minimum atomic E-state index is 0.446. The molecule has 0 spiro atoms. The van der Waals surface area contributed by atoms with E-state index in [1.165, 1.54) is 5.56 Å². The lowest BCUT2D eigenvalue weighted by Crippen LogP contribution is -1.98. The van der Waals surface area contributed by atoms with Gasteiger partial charge in [0.15, 0.2) is 0 Å². The highest BCUT2D eigenvalue weighted by Gasteiger charge is 2.13. The molecule has 5 heteroatoms. The Morgan fingerprint density at radius 2 is 2.00 bits per heavy atom. The van der Waals surface area contributed by atoms with Crippen LogP contribution in [-0.2, 0) is 6.42 Å². The fourth-order valence-electron chi connectivity index (χ4n) is 2.00. The van der Waals surface area contributed by atoms with E-state index in [0.717, 1.165) is 17.7 Å². The van der Waals surface area contributed by atoms with Crippen LogP contribution < -0.4 is 0 Å². The fourth-order valence-corrected chi connectivity index (χ4v) is 3.44. The quantitative estimate of drug-likeness (QED) is 0.606. The van der Waals surface area contributed by atoms with E-state index in [1.807, 2.05) is 23.6 Å². The standard InChI is InChI=1S/C16H16N2OS2/c1-12(9-10-13-6-3-2-4-7-13)21-16-18-17-15(19-16)14-8-5-11-20-14/h2-8,11-12H,9-10H2,1H3. The van der Waals surface area contributed by atoms with Crippen LogP contribution in [0.15, 0.2) is 57.5 Å². The fraction of sp³-hybridized carbons (Fsp3) is 0.250. The Morgan fingerprint density at radius 3 is 2.76 bits per heavy atom. The van der Waals surface area contributed by atoms with Crippen molar-refractivity contribution in [2.75, 3.05) is 0 Å². The molecule has 0 aliphatic carbocycles. The molecule has 0 saturated heterocycles. The van der Waals surface area contributed by atoms with Crippen LogP contribution in [-0.4, -0.2) is 15.4 Å². The van der Waals surface area contributed by atoms with Gasteiger partial charge in [0.2, 0.25) is 0 Å². The molecular weight excluding hydrogens is 300 g/mol. The summed E-state index contributed by atoms with van der Waals surface area (Å²) in [5.74, 6) is 0.614. The van der Waals surface area contributed by atoms with E-state index in [9.17, 15) is 0 Å². The summed E-state index contributed by atoms with van der Waals surface area (Å²) in [5, 5.41) is 11.3. The summed E-state index contributed by atoms with van der Waals surface area (Å²) in [7, 11) is 0. The van der Waals surface area contributed by atoms with Gasteiger partial charge in [-0.05, 0) is 29.9 Å². The van der Waals surface area contributed by atoms with Crippen LogP contribution in [0.4, 0.5) is 0 Å². The van der Waals surface area contributed by atoms with Crippen LogP contribution in [0.25, 0.3) is 10.8 Å². The highest BCUT2D eigenvalue weighted by atomic mass is 32.2. The Hall–Kier alpha value is -1.59. The van der Waals surface area contributed by atoms with Gasteiger partial charge in [0.05, 0.1) is 4.88 Å². The molecule has 1 atom stereocenters. The number of aromatic nitrogens is 2. The molecule has 21 heavy (non-hydrogen) atoms. The van der Waals surface area contributed by atoms with Crippen molar-refractivity contribution in [1.82, 2.24) is 10.2 Å². The third-order valence-corrected chi connectivity index (χ3v) is 4.99. The lowest BCUT2D eigenvalue weighted by atomic mass is 10.1. The molecule has 2 heterocycles. The predicted octanol–water partition coefficient (Wildman–Crippen LogP) is 4.91. The largest absolute Gasteiger partial charge is 0.410 e. The number of hydrogen-bond donors (Lipinski definition) is 0. The van der Waals surface area contributed by atoms with Gasteiger partial charge in [-0.25, -0.2) is 0 Å². The van der Waals surface area contributed by atoms with E-state index >= 15 is 0 Å². The molecule has 3 rings (SSSR count). The minimum Gasteiger partial charge on any atom is -0.410 e. The van der Waals surface area contributed by atoms with E-state index in [4.69, 9.17) is 4.42 Å². The van der Waals surface area contributed by atoms with Crippen LogP contribution in [0, 0.1) is 0 Å². The first-order valence-electron chi connectivity index (χ1n) is 6.89. The number of rotatable bonds is 6. The number of thioether (sulfide) groups is 1. The molecule has 3 nitrogen and oxygen atoms in total. The van der Waals surface area contributed by atoms with Crippen LogP contribution in [0.5, 0.6) is 0 Å². The molecule has 0 fully saturated rings. The van der Waals surface area contributed by atoms with Gasteiger partial charge in [0, 0.05) is 5.25 Å². The molecule has 0 aliphatic heterocycles. The van der Waals surface area contributed by atoms with Gasteiger partial charge in [-0.15, -0.1) is 21.5 Å². The van der Waals surface area contributed by atoms with Crippen LogP contribution in [0.2, 0.25) is 0 Å². The topological polar surface area (TPSA) is 38.9 Å². The van der Waals surface area contributed by atoms with E-state index in [-0.39, 0.29) is 0 Å². The second-order valence-corrected chi connectivity index (χ2v) is 7.14. The van der Waals surface area contributed by atoms with Gasteiger partial charge in [-0.3, -0.25) is 0 Å².